The van der Waals surface area contributed by atoms with Gasteiger partial charge in [0.25, 0.3) is 17.3 Å². The van der Waals surface area contributed by atoms with Gasteiger partial charge < -0.3 is 20.1 Å². The summed E-state index contributed by atoms with van der Waals surface area (Å²) in [6, 6.07) is 11.2. The fourth-order valence-corrected chi connectivity index (χ4v) is 3.61. The van der Waals surface area contributed by atoms with Crippen molar-refractivity contribution in [1.82, 2.24) is 20.1 Å². The highest BCUT2D eigenvalue weighted by molar-refractivity contribution is 6.31. The van der Waals surface area contributed by atoms with Gasteiger partial charge >= 0.3 is 0 Å². The number of nitrogens with one attached hydrogen (secondary N) is 2. The van der Waals surface area contributed by atoms with E-state index in [1.54, 1.807) is 37.4 Å². The smallest absolute Gasteiger partial charge is 0.280 e. The molecule has 0 unspecified atom stereocenters. The number of hydrogen-bond donors (Lipinski definition) is 3. The minimum absolute atomic E-state index is 0.0420. The third-order valence-electron chi connectivity index (χ3n) is 4.96. The van der Waals surface area contributed by atoms with Gasteiger partial charge in [-0.25, -0.2) is 4.68 Å². The van der Waals surface area contributed by atoms with Crippen LogP contribution in [0.4, 0.5) is 0 Å². The summed E-state index contributed by atoms with van der Waals surface area (Å²) in [5.74, 6) is -0.779. The van der Waals surface area contributed by atoms with Gasteiger partial charge in [0.2, 0.25) is 5.43 Å². The predicted molar refractivity (Wildman–Crippen MR) is 121 cm³/mol. The molecule has 0 atom stereocenters. The third kappa shape index (κ3) is 4.08. The SMILES string of the molecule is COCCNC(=O)c1cccc(Cn2nc(O)c3[nH]c4cc(Cl)ccc4c(=O)c3c2=O)c1. The number of hydrogen-bond acceptors (Lipinski definition) is 6. The molecule has 0 aliphatic rings. The number of H-pyrrole nitrogens is 1. The average Bonchev–Trinajstić information content (AvgIpc) is 2.77. The number of nitrogens with zero attached hydrogens (tertiary/aromatic N) is 2. The quantitative estimate of drug-likeness (QED) is 0.302. The van der Waals surface area contributed by atoms with Gasteiger partial charge in [-0.1, -0.05) is 23.7 Å². The van der Waals surface area contributed by atoms with E-state index in [2.05, 4.69) is 15.4 Å². The zero-order valence-electron chi connectivity index (χ0n) is 17.0. The molecule has 0 saturated heterocycles. The van der Waals surface area contributed by atoms with Gasteiger partial charge in [0.1, 0.15) is 10.9 Å². The van der Waals surface area contributed by atoms with E-state index >= 15 is 0 Å². The van der Waals surface area contributed by atoms with E-state index in [1.165, 1.54) is 12.1 Å². The summed E-state index contributed by atoms with van der Waals surface area (Å²) in [6.07, 6.45) is 0. The summed E-state index contributed by atoms with van der Waals surface area (Å²) in [5.41, 5.74) is 0.131. The predicted octanol–water partition coefficient (Wildman–Crippen LogP) is 2.02. The zero-order chi connectivity index (χ0) is 22.8. The molecule has 0 radical (unpaired) electrons. The summed E-state index contributed by atoms with van der Waals surface area (Å²) in [5, 5.41) is 17.5. The molecule has 4 rings (SSSR count). The minimum atomic E-state index is -0.661. The second kappa shape index (κ2) is 8.81. The van der Waals surface area contributed by atoms with Crippen LogP contribution in [-0.2, 0) is 11.3 Å². The highest BCUT2D eigenvalue weighted by atomic mass is 35.5. The maximum atomic E-state index is 13.1. The lowest BCUT2D eigenvalue weighted by molar-refractivity contribution is 0.0937. The molecule has 2 aromatic heterocycles. The lowest BCUT2D eigenvalue weighted by Crippen LogP contribution is -2.28. The minimum Gasteiger partial charge on any atom is -0.491 e. The summed E-state index contributed by atoms with van der Waals surface area (Å²) < 4.78 is 5.91. The Kier molecular flexibility index (Phi) is 5.93. The van der Waals surface area contributed by atoms with Crippen molar-refractivity contribution in [3.63, 3.8) is 0 Å². The van der Waals surface area contributed by atoms with E-state index in [0.717, 1.165) is 4.68 Å². The number of aromatic nitrogens is 3. The Morgan fingerprint density at radius 3 is 2.84 bits per heavy atom. The van der Waals surface area contributed by atoms with Gasteiger partial charge in [0, 0.05) is 29.6 Å². The van der Waals surface area contributed by atoms with Crippen LogP contribution < -0.4 is 16.3 Å². The van der Waals surface area contributed by atoms with E-state index in [4.69, 9.17) is 16.3 Å². The number of aromatic amines is 1. The number of benzene rings is 2. The van der Waals surface area contributed by atoms with Crippen LogP contribution in [0.2, 0.25) is 5.02 Å². The number of methoxy groups -OCH3 is 1. The van der Waals surface area contributed by atoms with Crippen molar-refractivity contribution < 1.29 is 14.6 Å². The normalized spacial score (nSPS) is 11.2. The molecule has 10 heteroatoms. The first-order valence-electron chi connectivity index (χ1n) is 9.70. The molecule has 0 fully saturated rings. The molecule has 3 N–H and O–H groups in total. The van der Waals surface area contributed by atoms with Crippen molar-refractivity contribution in [2.24, 2.45) is 0 Å². The standard InChI is InChI=1S/C22H19ClN4O5/c1-32-8-7-24-20(29)13-4-2-3-12(9-13)11-27-22(31)17-18(21(30)26-27)25-16-10-14(23)5-6-15(16)19(17)28/h2-6,9-10H,7-8,11H2,1H3,(H,24,29)(H,25,28)(H,26,30). The molecule has 164 valence electrons. The molecule has 2 aromatic carbocycles. The molecular formula is C22H19ClN4O5. The molecule has 2 heterocycles. The monoisotopic (exact) mass is 454 g/mol. The van der Waals surface area contributed by atoms with Crippen molar-refractivity contribution in [3.8, 4) is 5.88 Å². The van der Waals surface area contributed by atoms with Crippen molar-refractivity contribution >= 4 is 39.3 Å². The molecule has 4 aromatic rings. The summed E-state index contributed by atoms with van der Waals surface area (Å²) in [7, 11) is 1.54. The summed E-state index contributed by atoms with van der Waals surface area (Å²) in [6.45, 7) is 0.706. The second-order valence-corrected chi connectivity index (χ2v) is 7.57. The summed E-state index contributed by atoms with van der Waals surface area (Å²) >= 11 is 5.98. The first kappa shape index (κ1) is 21.5. The number of amides is 1. The lowest BCUT2D eigenvalue weighted by Gasteiger charge is -2.10. The molecule has 0 bridgehead atoms. The Morgan fingerprint density at radius 2 is 2.06 bits per heavy atom. The number of rotatable bonds is 6. The molecule has 0 spiro atoms. The lowest BCUT2D eigenvalue weighted by atomic mass is 10.1. The number of halogens is 1. The fourth-order valence-electron chi connectivity index (χ4n) is 3.43. The van der Waals surface area contributed by atoms with Crippen molar-refractivity contribution in [2.75, 3.05) is 20.3 Å². The topological polar surface area (TPSA) is 126 Å². The molecule has 1 amide bonds. The van der Waals surface area contributed by atoms with Crippen molar-refractivity contribution in [3.05, 3.63) is 79.2 Å². The van der Waals surface area contributed by atoms with Crippen LogP contribution in [0, 0.1) is 0 Å². The average molecular weight is 455 g/mol. The maximum absolute atomic E-state index is 13.1. The van der Waals surface area contributed by atoms with Crippen LogP contribution in [0.1, 0.15) is 15.9 Å². The number of pyridine rings is 1. The van der Waals surface area contributed by atoms with Crippen molar-refractivity contribution in [2.45, 2.75) is 6.54 Å². The van der Waals surface area contributed by atoms with Crippen LogP contribution in [-0.4, -0.2) is 46.0 Å². The molecule has 0 aliphatic heterocycles. The molecule has 0 saturated carbocycles. The van der Waals surface area contributed by atoms with Gasteiger partial charge in [0.15, 0.2) is 0 Å². The Bertz CT molecular complexity index is 1460. The number of fused-ring (bicyclic) bond motifs is 2. The first-order chi connectivity index (χ1) is 15.4. The van der Waals surface area contributed by atoms with Gasteiger partial charge in [0.05, 0.1) is 18.7 Å². The number of ether oxygens (including phenoxy) is 1. The van der Waals surface area contributed by atoms with Crippen LogP contribution >= 0.6 is 11.6 Å². The number of carbonyl (C=O) groups is 1. The second-order valence-electron chi connectivity index (χ2n) is 7.13. The third-order valence-corrected chi connectivity index (χ3v) is 5.20. The molecule has 32 heavy (non-hydrogen) atoms. The van der Waals surface area contributed by atoms with Crippen LogP contribution in [0.25, 0.3) is 21.8 Å². The number of carbonyl (C=O) groups excluding carboxylic acids is 1. The van der Waals surface area contributed by atoms with Gasteiger partial charge in [-0.05, 0) is 35.9 Å². The molecule has 0 aliphatic carbocycles. The first-order valence-corrected chi connectivity index (χ1v) is 10.1. The van der Waals surface area contributed by atoms with Gasteiger partial charge in [-0.3, -0.25) is 14.4 Å². The Balaban J connectivity index is 1.75. The fraction of sp³-hybridized carbons (Fsp3) is 0.182. The van der Waals surface area contributed by atoms with Crippen molar-refractivity contribution in [1.29, 1.82) is 0 Å². The largest absolute Gasteiger partial charge is 0.491 e. The van der Waals surface area contributed by atoms with E-state index in [1.807, 2.05) is 0 Å². The highest BCUT2D eigenvalue weighted by Crippen LogP contribution is 2.21. The maximum Gasteiger partial charge on any atom is 0.280 e. The Hall–Kier alpha value is -3.69. The Morgan fingerprint density at radius 1 is 1.25 bits per heavy atom. The molecule has 9 nitrogen and oxygen atoms in total. The van der Waals surface area contributed by atoms with Crippen LogP contribution in [0.3, 0.4) is 0 Å². The summed E-state index contributed by atoms with van der Waals surface area (Å²) in [4.78, 5) is 41.2. The van der Waals surface area contributed by atoms with E-state index in [-0.39, 0.29) is 28.7 Å². The molecular weight excluding hydrogens is 436 g/mol. The van der Waals surface area contributed by atoms with E-state index < -0.39 is 16.9 Å². The van der Waals surface area contributed by atoms with Crippen LogP contribution in [0.15, 0.2) is 52.1 Å². The van der Waals surface area contributed by atoms with Crippen LogP contribution in [0.5, 0.6) is 5.88 Å². The van der Waals surface area contributed by atoms with E-state index in [0.29, 0.717) is 34.8 Å². The van der Waals surface area contributed by atoms with Gasteiger partial charge in [-0.15, -0.1) is 5.10 Å². The zero-order valence-corrected chi connectivity index (χ0v) is 17.8. The highest BCUT2D eigenvalue weighted by Gasteiger charge is 2.17. The number of aromatic hydroxyl groups is 1. The van der Waals surface area contributed by atoms with Gasteiger partial charge in [-0.2, -0.15) is 0 Å². The Labute approximate surface area is 186 Å². The van der Waals surface area contributed by atoms with E-state index in [9.17, 15) is 19.5 Å².